The van der Waals surface area contributed by atoms with Crippen molar-refractivity contribution in [1.82, 2.24) is 10.2 Å². The van der Waals surface area contributed by atoms with E-state index in [0.29, 0.717) is 11.3 Å². The first-order valence-corrected chi connectivity index (χ1v) is 9.46. The van der Waals surface area contributed by atoms with E-state index in [2.05, 4.69) is 10.6 Å². The summed E-state index contributed by atoms with van der Waals surface area (Å²) >= 11 is 11.7. The molecule has 0 aromatic heterocycles. The lowest BCUT2D eigenvalue weighted by molar-refractivity contribution is -0.127. The van der Waals surface area contributed by atoms with Crippen molar-refractivity contribution < 1.29 is 19.5 Å². The molecule has 0 spiro atoms. The van der Waals surface area contributed by atoms with Gasteiger partial charge in [-0.3, -0.25) is 9.59 Å². The highest BCUT2D eigenvalue weighted by molar-refractivity contribution is 6.37. The third-order valence-corrected chi connectivity index (χ3v) is 4.86. The van der Waals surface area contributed by atoms with Crippen molar-refractivity contribution in [2.45, 2.75) is 13.3 Å². The number of anilines is 1. The Hall–Kier alpha value is -3.03. The van der Waals surface area contributed by atoms with Crippen molar-refractivity contribution in [2.75, 3.05) is 11.9 Å². The number of urea groups is 1. The van der Waals surface area contributed by atoms with Gasteiger partial charge in [-0.2, -0.15) is 0 Å². The molecular weight excluding hydrogens is 417 g/mol. The average molecular weight is 434 g/mol. The zero-order valence-electron chi connectivity index (χ0n) is 15.3. The van der Waals surface area contributed by atoms with Crippen LogP contribution in [0.4, 0.5) is 10.5 Å². The number of rotatable bonds is 5. The Labute approximate surface area is 176 Å². The van der Waals surface area contributed by atoms with Crippen molar-refractivity contribution >= 4 is 52.8 Å². The molecule has 0 radical (unpaired) electrons. The highest BCUT2D eigenvalue weighted by atomic mass is 35.5. The Morgan fingerprint density at radius 3 is 2.52 bits per heavy atom. The summed E-state index contributed by atoms with van der Waals surface area (Å²) in [6, 6.07) is 9.38. The Kier molecular flexibility index (Phi) is 6.10. The molecule has 0 bridgehead atoms. The van der Waals surface area contributed by atoms with E-state index in [1.54, 1.807) is 12.1 Å². The number of halogens is 2. The Morgan fingerprint density at radius 2 is 1.86 bits per heavy atom. The van der Waals surface area contributed by atoms with Crippen LogP contribution in [-0.2, 0) is 16.0 Å². The van der Waals surface area contributed by atoms with Gasteiger partial charge in [0.25, 0.3) is 5.91 Å². The molecular formula is C20H17Cl2N3O4. The number of benzene rings is 2. The second kappa shape index (κ2) is 8.55. The molecule has 1 heterocycles. The number of carbonyl (C=O) groups is 3. The third kappa shape index (κ3) is 4.52. The number of imide groups is 1. The maximum Gasteiger partial charge on any atom is 0.329 e. The maximum atomic E-state index is 12.5. The zero-order valence-corrected chi connectivity index (χ0v) is 16.8. The fourth-order valence-corrected chi connectivity index (χ4v) is 3.34. The standard InChI is InChI=1S/C20H17Cl2N3O4/c1-2-12-5-3-4-6-15(12)23-17(26)10-25-19(28)16(24-20(25)29)9-11-7-13(21)18(27)14(22)8-11/h3-9,27H,2,10H2,1H3,(H,23,26)(H,24,29)/b16-9+. The van der Waals surface area contributed by atoms with Gasteiger partial charge in [0.15, 0.2) is 5.75 Å². The molecule has 2 aromatic carbocycles. The first-order valence-electron chi connectivity index (χ1n) is 8.70. The van der Waals surface area contributed by atoms with Crippen LogP contribution in [-0.4, -0.2) is 34.4 Å². The topological polar surface area (TPSA) is 98.7 Å². The van der Waals surface area contributed by atoms with E-state index in [1.807, 2.05) is 19.1 Å². The van der Waals surface area contributed by atoms with Gasteiger partial charge in [-0.1, -0.05) is 48.3 Å². The molecule has 0 atom stereocenters. The molecule has 29 heavy (non-hydrogen) atoms. The van der Waals surface area contributed by atoms with Gasteiger partial charge >= 0.3 is 6.03 Å². The third-order valence-electron chi connectivity index (χ3n) is 4.29. The minimum atomic E-state index is -0.712. The van der Waals surface area contributed by atoms with Gasteiger partial charge in [0.2, 0.25) is 5.91 Å². The zero-order chi connectivity index (χ0) is 21.1. The lowest BCUT2D eigenvalue weighted by Crippen LogP contribution is -2.38. The number of carbonyl (C=O) groups excluding carboxylic acids is 3. The van der Waals surface area contributed by atoms with Crippen molar-refractivity contribution in [3.05, 3.63) is 63.3 Å². The monoisotopic (exact) mass is 433 g/mol. The predicted molar refractivity (Wildman–Crippen MR) is 111 cm³/mol. The van der Waals surface area contributed by atoms with Crippen molar-refractivity contribution in [1.29, 1.82) is 0 Å². The van der Waals surface area contributed by atoms with Crippen molar-refractivity contribution in [3.63, 3.8) is 0 Å². The van der Waals surface area contributed by atoms with Crippen LogP contribution in [0.15, 0.2) is 42.1 Å². The summed E-state index contributed by atoms with van der Waals surface area (Å²) in [6.45, 7) is 1.53. The molecule has 7 nitrogen and oxygen atoms in total. The smallest absolute Gasteiger partial charge is 0.329 e. The van der Waals surface area contributed by atoms with Gasteiger partial charge in [-0.25, -0.2) is 9.69 Å². The fourth-order valence-electron chi connectivity index (χ4n) is 2.83. The highest BCUT2D eigenvalue weighted by Crippen LogP contribution is 2.33. The van der Waals surface area contributed by atoms with Gasteiger partial charge in [0.1, 0.15) is 12.2 Å². The second-order valence-electron chi connectivity index (χ2n) is 6.27. The lowest BCUT2D eigenvalue weighted by Gasteiger charge is -2.13. The number of nitrogens with zero attached hydrogens (tertiary/aromatic N) is 1. The normalized spacial score (nSPS) is 15.0. The largest absolute Gasteiger partial charge is 0.505 e. The molecule has 150 valence electrons. The number of nitrogens with one attached hydrogen (secondary N) is 2. The van der Waals surface area contributed by atoms with Crippen LogP contribution in [0.1, 0.15) is 18.1 Å². The first-order chi connectivity index (χ1) is 13.8. The van der Waals surface area contributed by atoms with Crippen LogP contribution in [0.25, 0.3) is 6.08 Å². The summed E-state index contributed by atoms with van der Waals surface area (Å²) < 4.78 is 0. The highest BCUT2D eigenvalue weighted by Gasteiger charge is 2.35. The van der Waals surface area contributed by atoms with Crippen LogP contribution in [0.3, 0.4) is 0 Å². The summed E-state index contributed by atoms with van der Waals surface area (Å²) in [5.41, 5.74) is 1.95. The molecule has 1 aliphatic heterocycles. The number of hydrogen-bond acceptors (Lipinski definition) is 4. The van der Waals surface area contributed by atoms with E-state index in [-0.39, 0.29) is 21.5 Å². The number of aromatic hydroxyl groups is 1. The fraction of sp³-hybridized carbons (Fsp3) is 0.150. The maximum absolute atomic E-state index is 12.5. The lowest BCUT2D eigenvalue weighted by atomic mass is 10.1. The van der Waals surface area contributed by atoms with Crippen LogP contribution in [0, 0.1) is 0 Å². The van der Waals surface area contributed by atoms with Gasteiger partial charge < -0.3 is 15.7 Å². The molecule has 9 heteroatoms. The Morgan fingerprint density at radius 1 is 1.21 bits per heavy atom. The van der Waals surface area contributed by atoms with Crippen LogP contribution in [0.5, 0.6) is 5.75 Å². The summed E-state index contributed by atoms with van der Waals surface area (Å²) in [5.74, 6) is -1.43. The summed E-state index contributed by atoms with van der Waals surface area (Å²) in [6.07, 6.45) is 2.09. The molecule has 1 aliphatic rings. The number of amides is 4. The Balaban J connectivity index is 1.74. The summed E-state index contributed by atoms with van der Waals surface area (Å²) in [7, 11) is 0. The minimum absolute atomic E-state index is 0.00643. The number of aryl methyl sites for hydroxylation is 1. The van der Waals surface area contributed by atoms with E-state index in [9.17, 15) is 19.5 Å². The molecule has 3 rings (SSSR count). The minimum Gasteiger partial charge on any atom is -0.505 e. The molecule has 1 fully saturated rings. The quantitative estimate of drug-likeness (QED) is 0.493. The number of para-hydroxylation sites is 1. The summed E-state index contributed by atoms with van der Waals surface area (Å²) in [5, 5.41) is 14.8. The Bertz CT molecular complexity index is 1010. The van der Waals surface area contributed by atoms with E-state index in [0.717, 1.165) is 16.9 Å². The molecule has 0 aliphatic carbocycles. The van der Waals surface area contributed by atoms with Gasteiger partial charge in [-0.05, 0) is 41.8 Å². The van der Waals surface area contributed by atoms with Crippen LogP contribution < -0.4 is 10.6 Å². The molecule has 4 amide bonds. The van der Waals surface area contributed by atoms with Gasteiger partial charge in [-0.15, -0.1) is 0 Å². The predicted octanol–water partition coefficient (Wildman–Crippen LogP) is 3.79. The van der Waals surface area contributed by atoms with Gasteiger partial charge in [0.05, 0.1) is 10.0 Å². The molecule has 2 aromatic rings. The van der Waals surface area contributed by atoms with Crippen molar-refractivity contribution in [2.24, 2.45) is 0 Å². The summed E-state index contributed by atoms with van der Waals surface area (Å²) in [4.78, 5) is 37.9. The second-order valence-corrected chi connectivity index (χ2v) is 7.09. The number of hydrogen-bond donors (Lipinski definition) is 3. The first kappa shape index (κ1) is 20.7. The molecule has 1 saturated heterocycles. The van der Waals surface area contributed by atoms with Gasteiger partial charge in [0, 0.05) is 5.69 Å². The van der Waals surface area contributed by atoms with Crippen molar-refractivity contribution in [3.8, 4) is 5.75 Å². The van der Waals surface area contributed by atoms with E-state index < -0.39 is 24.4 Å². The number of phenolic OH excluding ortho intramolecular Hbond substituents is 1. The average Bonchev–Trinajstić information content (AvgIpc) is 2.93. The van der Waals surface area contributed by atoms with Crippen LogP contribution >= 0.6 is 23.2 Å². The van der Waals surface area contributed by atoms with Crippen LogP contribution in [0.2, 0.25) is 10.0 Å². The van der Waals surface area contributed by atoms with E-state index in [4.69, 9.17) is 23.2 Å². The van der Waals surface area contributed by atoms with E-state index >= 15 is 0 Å². The molecule has 0 unspecified atom stereocenters. The molecule has 3 N–H and O–H groups in total. The number of phenols is 1. The SMILES string of the molecule is CCc1ccccc1NC(=O)CN1C(=O)N/C(=C/c2cc(Cl)c(O)c(Cl)c2)C1=O. The van der Waals surface area contributed by atoms with E-state index in [1.165, 1.54) is 18.2 Å². The molecule has 0 saturated carbocycles.